The van der Waals surface area contributed by atoms with Crippen LogP contribution in [-0.2, 0) is 16.1 Å². The monoisotopic (exact) mass is 415 g/mol. The van der Waals surface area contributed by atoms with Crippen LogP contribution >= 0.6 is 11.3 Å². The molecule has 2 saturated heterocycles. The molecule has 0 unspecified atom stereocenters. The van der Waals surface area contributed by atoms with Crippen molar-refractivity contribution in [3.05, 3.63) is 29.8 Å². The molecule has 1 N–H and O–H groups in total. The third kappa shape index (κ3) is 4.34. The van der Waals surface area contributed by atoms with Crippen LogP contribution in [0.2, 0.25) is 0 Å². The van der Waals surface area contributed by atoms with Crippen molar-refractivity contribution in [2.24, 2.45) is 0 Å². The van der Waals surface area contributed by atoms with Crippen LogP contribution in [0.1, 0.15) is 38.2 Å². The lowest BCUT2D eigenvalue weighted by atomic mass is 10.2. The van der Waals surface area contributed by atoms with Crippen LogP contribution in [0.25, 0.3) is 0 Å². The minimum absolute atomic E-state index is 0.00890. The summed E-state index contributed by atoms with van der Waals surface area (Å²) in [5.74, 6) is 0.914. The van der Waals surface area contributed by atoms with Gasteiger partial charge in [0.25, 0.3) is 0 Å². The summed E-state index contributed by atoms with van der Waals surface area (Å²) in [7, 11) is 0. The Morgan fingerprint density at radius 1 is 1.21 bits per heavy atom. The first-order valence-electron chi connectivity index (χ1n) is 10.1. The van der Waals surface area contributed by atoms with Gasteiger partial charge in [0.1, 0.15) is 11.8 Å². The number of ether oxygens (including phenoxy) is 1. The largest absolute Gasteiger partial charge is 0.494 e. The van der Waals surface area contributed by atoms with Crippen molar-refractivity contribution in [2.75, 3.05) is 29.5 Å². The number of anilines is 2. The zero-order valence-electron chi connectivity index (χ0n) is 16.5. The molecule has 2 aromatic rings. The average molecular weight is 416 g/mol. The van der Waals surface area contributed by atoms with Crippen LogP contribution in [0, 0.1) is 0 Å². The fourth-order valence-electron chi connectivity index (χ4n) is 3.73. The van der Waals surface area contributed by atoms with E-state index in [0.717, 1.165) is 37.1 Å². The van der Waals surface area contributed by atoms with Crippen molar-refractivity contribution in [1.29, 1.82) is 0 Å². The molecule has 9 heteroatoms. The number of hydrogen-bond donors (Lipinski definition) is 1. The van der Waals surface area contributed by atoms with Crippen molar-refractivity contribution in [1.82, 2.24) is 15.5 Å². The summed E-state index contributed by atoms with van der Waals surface area (Å²) in [4.78, 5) is 28.4. The highest BCUT2D eigenvalue weighted by Crippen LogP contribution is 2.33. The van der Waals surface area contributed by atoms with Crippen molar-refractivity contribution in [3.63, 3.8) is 0 Å². The standard InChI is InChI=1S/C20H25N5O3S/c1-2-28-15-9-7-14(8-10-15)13-21-18(27)16-5-3-11-24(16)19-22-23-20(29-19)25-12-4-6-17(25)26/h7-10,16H,2-6,11-13H2,1H3,(H,21,27)/t16-/m0/s1. The highest BCUT2D eigenvalue weighted by atomic mass is 32.1. The third-order valence-corrected chi connectivity index (χ3v) is 6.19. The van der Waals surface area contributed by atoms with E-state index in [1.54, 1.807) is 4.90 Å². The lowest BCUT2D eigenvalue weighted by Crippen LogP contribution is -2.43. The average Bonchev–Trinajstić information content (AvgIpc) is 3.47. The molecule has 29 heavy (non-hydrogen) atoms. The molecule has 1 atom stereocenters. The highest BCUT2D eigenvalue weighted by molar-refractivity contribution is 7.19. The van der Waals surface area contributed by atoms with E-state index in [-0.39, 0.29) is 17.9 Å². The third-order valence-electron chi connectivity index (χ3n) is 5.21. The van der Waals surface area contributed by atoms with Crippen molar-refractivity contribution >= 4 is 33.4 Å². The maximum Gasteiger partial charge on any atom is 0.243 e. The SMILES string of the molecule is CCOc1ccc(CNC(=O)[C@@H]2CCCN2c2nnc(N3CCCC3=O)s2)cc1. The molecule has 154 valence electrons. The summed E-state index contributed by atoms with van der Waals surface area (Å²) in [6, 6.07) is 7.49. The second-order valence-electron chi connectivity index (χ2n) is 7.16. The smallest absolute Gasteiger partial charge is 0.243 e. The number of nitrogens with one attached hydrogen (secondary N) is 1. The molecule has 4 rings (SSSR count). The van der Waals surface area contributed by atoms with Gasteiger partial charge in [-0.2, -0.15) is 0 Å². The molecule has 2 fully saturated rings. The molecule has 2 amide bonds. The fourth-order valence-corrected chi connectivity index (χ4v) is 4.69. The minimum atomic E-state index is -0.257. The first-order chi connectivity index (χ1) is 14.2. The summed E-state index contributed by atoms with van der Waals surface area (Å²) >= 11 is 1.39. The number of hydrogen-bond acceptors (Lipinski definition) is 7. The Morgan fingerprint density at radius 2 is 2.00 bits per heavy atom. The van der Waals surface area contributed by atoms with Crippen LogP contribution in [0.5, 0.6) is 5.75 Å². The summed E-state index contributed by atoms with van der Waals surface area (Å²) in [5.41, 5.74) is 1.03. The summed E-state index contributed by atoms with van der Waals surface area (Å²) < 4.78 is 5.45. The lowest BCUT2D eigenvalue weighted by molar-refractivity contribution is -0.122. The van der Waals surface area contributed by atoms with Gasteiger partial charge in [-0.25, -0.2) is 0 Å². The van der Waals surface area contributed by atoms with Gasteiger partial charge in [0, 0.05) is 26.1 Å². The predicted octanol–water partition coefficient (Wildman–Crippen LogP) is 2.35. The highest BCUT2D eigenvalue weighted by Gasteiger charge is 2.34. The van der Waals surface area contributed by atoms with Crippen LogP contribution in [0.15, 0.2) is 24.3 Å². The van der Waals surface area contributed by atoms with Gasteiger partial charge >= 0.3 is 0 Å². The van der Waals surface area contributed by atoms with E-state index in [2.05, 4.69) is 15.5 Å². The number of rotatable bonds is 7. The lowest BCUT2D eigenvalue weighted by Gasteiger charge is -2.22. The van der Waals surface area contributed by atoms with Gasteiger partial charge in [0.15, 0.2) is 0 Å². The molecule has 2 aliphatic rings. The van der Waals surface area contributed by atoms with E-state index in [9.17, 15) is 9.59 Å². The number of benzene rings is 1. The molecule has 1 aromatic carbocycles. The van der Waals surface area contributed by atoms with E-state index in [4.69, 9.17) is 4.74 Å². The molecule has 0 spiro atoms. The van der Waals surface area contributed by atoms with Crippen molar-refractivity contribution in [3.8, 4) is 5.75 Å². The molecular formula is C20H25N5O3S. The molecule has 0 bridgehead atoms. The fraction of sp³-hybridized carbons (Fsp3) is 0.500. The van der Waals surface area contributed by atoms with E-state index in [0.29, 0.717) is 36.4 Å². The van der Waals surface area contributed by atoms with E-state index >= 15 is 0 Å². The second-order valence-corrected chi connectivity index (χ2v) is 8.10. The molecular weight excluding hydrogens is 390 g/mol. The Kier molecular flexibility index (Phi) is 5.94. The molecule has 3 heterocycles. The number of amides is 2. The van der Waals surface area contributed by atoms with Gasteiger partial charge in [-0.3, -0.25) is 14.5 Å². The first-order valence-corrected chi connectivity index (χ1v) is 10.9. The van der Waals surface area contributed by atoms with Gasteiger partial charge in [-0.05, 0) is 43.9 Å². The Morgan fingerprint density at radius 3 is 2.72 bits per heavy atom. The number of nitrogens with zero attached hydrogens (tertiary/aromatic N) is 4. The summed E-state index contributed by atoms with van der Waals surface area (Å²) in [5, 5.41) is 12.8. The minimum Gasteiger partial charge on any atom is -0.494 e. The molecule has 1 aromatic heterocycles. The first kappa shape index (κ1) is 19.6. The Balaban J connectivity index is 1.37. The van der Waals surface area contributed by atoms with E-state index in [1.807, 2.05) is 36.1 Å². The number of aromatic nitrogens is 2. The van der Waals surface area contributed by atoms with Crippen LogP contribution < -0.4 is 19.9 Å². The molecule has 0 radical (unpaired) electrons. The molecule has 0 saturated carbocycles. The van der Waals surface area contributed by atoms with Crippen molar-refractivity contribution < 1.29 is 14.3 Å². The van der Waals surface area contributed by atoms with E-state index in [1.165, 1.54) is 11.3 Å². The van der Waals surface area contributed by atoms with Crippen LogP contribution in [0.4, 0.5) is 10.3 Å². The quantitative estimate of drug-likeness (QED) is 0.747. The molecule has 0 aliphatic carbocycles. The Hall–Kier alpha value is -2.68. The Bertz CT molecular complexity index is 869. The maximum absolute atomic E-state index is 12.8. The van der Waals surface area contributed by atoms with Gasteiger partial charge in [0.05, 0.1) is 6.61 Å². The second kappa shape index (κ2) is 8.77. The van der Waals surface area contributed by atoms with Gasteiger partial charge in [0.2, 0.25) is 22.1 Å². The van der Waals surface area contributed by atoms with Gasteiger partial charge in [-0.15, -0.1) is 10.2 Å². The predicted molar refractivity (Wildman–Crippen MR) is 111 cm³/mol. The molecule has 8 nitrogen and oxygen atoms in total. The normalized spacial score (nSPS) is 19.1. The van der Waals surface area contributed by atoms with Crippen LogP contribution in [0.3, 0.4) is 0 Å². The summed E-state index contributed by atoms with van der Waals surface area (Å²) in [6.07, 6.45) is 3.13. The number of carbonyl (C=O) groups excluding carboxylic acids is 2. The van der Waals surface area contributed by atoms with Crippen LogP contribution in [-0.4, -0.2) is 47.7 Å². The van der Waals surface area contributed by atoms with Gasteiger partial charge < -0.3 is 15.0 Å². The summed E-state index contributed by atoms with van der Waals surface area (Å²) in [6.45, 7) is 4.51. The van der Waals surface area contributed by atoms with E-state index < -0.39 is 0 Å². The van der Waals surface area contributed by atoms with Gasteiger partial charge in [-0.1, -0.05) is 23.5 Å². The number of carbonyl (C=O) groups is 2. The zero-order valence-corrected chi connectivity index (χ0v) is 17.3. The molecule has 2 aliphatic heterocycles. The van der Waals surface area contributed by atoms with Crippen molar-refractivity contribution in [2.45, 2.75) is 45.2 Å². The zero-order chi connectivity index (χ0) is 20.2. The topological polar surface area (TPSA) is 87.7 Å². The maximum atomic E-state index is 12.8. The Labute approximate surface area is 173 Å².